The number of hydrogen-bond acceptors (Lipinski definition) is 4. The van der Waals surface area contributed by atoms with Crippen molar-refractivity contribution in [3.05, 3.63) is 69.3 Å². The average molecular weight is 271 g/mol. The third-order valence-corrected chi connectivity index (χ3v) is 3.18. The zero-order chi connectivity index (χ0) is 14.5. The third-order valence-electron chi connectivity index (χ3n) is 3.18. The number of aryl methyl sites for hydroxylation is 1. The van der Waals surface area contributed by atoms with Crippen molar-refractivity contribution in [3.63, 3.8) is 0 Å². The summed E-state index contributed by atoms with van der Waals surface area (Å²) < 4.78 is 0. The summed E-state index contributed by atoms with van der Waals surface area (Å²) in [5, 5.41) is 14.2. The molecule has 0 bridgehead atoms. The number of anilines is 1. The lowest BCUT2D eigenvalue weighted by Crippen LogP contribution is -2.04. The van der Waals surface area contributed by atoms with E-state index in [0.717, 1.165) is 16.7 Å². The van der Waals surface area contributed by atoms with E-state index in [9.17, 15) is 10.1 Å². The highest BCUT2D eigenvalue weighted by atomic mass is 16.6. The molecule has 0 saturated heterocycles. The summed E-state index contributed by atoms with van der Waals surface area (Å²) in [6.07, 6.45) is 0. The van der Waals surface area contributed by atoms with E-state index in [-0.39, 0.29) is 10.6 Å². The van der Waals surface area contributed by atoms with Crippen LogP contribution in [0.5, 0.6) is 0 Å². The van der Waals surface area contributed by atoms with Crippen molar-refractivity contribution in [1.82, 2.24) is 0 Å². The van der Waals surface area contributed by atoms with Crippen LogP contribution in [0.15, 0.2) is 42.5 Å². The lowest BCUT2D eigenvalue weighted by molar-refractivity contribution is -0.384. The van der Waals surface area contributed by atoms with E-state index < -0.39 is 0 Å². The summed E-state index contributed by atoms with van der Waals surface area (Å²) in [5.74, 6) is 0. The Morgan fingerprint density at radius 1 is 1.15 bits per heavy atom. The van der Waals surface area contributed by atoms with E-state index in [1.807, 2.05) is 37.3 Å². The van der Waals surface area contributed by atoms with Crippen molar-refractivity contribution in [2.24, 2.45) is 5.73 Å². The molecule has 0 heterocycles. The normalized spacial score (nSPS) is 10.3. The van der Waals surface area contributed by atoms with Gasteiger partial charge in [-0.2, -0.15) is 0 Å². The molecule has 0 aromatic heterocycles. The van der Waals surface area contributed by atoms with Crippen molar-refractivity contribution >= 4 is 11.4 Å². The van der Waals surface area contributed by atoms with Gasteiger partial charge >= 0.3 is 0 Å². The van der Waals surface area contributed by atoms with Crippen LogP contribution < -0.4 is 11.1 Å². The van der Waals surface area contributed by atoms with Gasteiger partial charge in [0.05, 0.1) is 4.92 Å². The molecule has 5 heteroatoms. The van der Waals surface area contributed by atoms with Crippen LogP contribution in [0.3, 0.4) is 0 Å². The molecule has 0 aliphatic rings. The molecule has 0 saturated carbocycles. The van der Waals surface area contributed by atoms with Crippen LogP contribution in [-0.4, -0.2) is 4.92 Å². The molecule has 0 fully saturated rings. The van der Waals surface area contributed by atoms with Crippen molar-refractivity contribution in [2.75, 3.05) is 5.32 Å². The maximum atomic E-state index is 11.0. The zero-order valence-corrected chi connectivity index (χ0v) is 11.3. The molecule has 3 N–H and O–H groups in total. The van der Waals surface area contributed by atoms with Crippen LogP contribution in [0.2, 0.25) is 0 Å². The Labute approximate surface area is 117 Å². The Balaban J connectivity index is 2.16. The fraction of sp³-hybridized carbons (Fsp3) is 0.200. The van der Waals surface area contributed by atoms with Gasteiger partial charge < -0.3 is 11.1 Å². The van der Waals surface area contributed by atoms with Crippen molar-refractivity contribution < 1.29 is 4.92 Å². The van der Waals surface area contributed by atoms with Gasteiger partial charge in [-0.15, -0.1) is 0 Å². The highest BCUT2D eigenvalue weighted by Gasteiger charge is 2.14. The molecule has 104 valence electrons. The second kappa shape index (κ2) is 6.16. The van der Waals surface area contributed by atoms with E-state index >= 15 is 0 Å². The number of benzene rings is 2. The maximum Gasteiger partial charge on any atom is 0.292 e. The van der Waals surface area contributed by atoms with E-state index in [4.69, 9.17) is 5.73 Å². The molecule has 0 aliphatic heterocycles. The standard InChI is InChI=1S/C15H17N3O2/c1-11-3-2-4-14(18(19)20)15(11)17-10-13-7-5-12(9-16)6-8-13/h2-8,17H,9-10,16H2,1H3. The Kier molecular flexibility index (Phi) is 4.32. The lowest BCUT2D eigenvalue weighted by Gasteiger charge is -2.10. The van der Waals surface area contributed by atoms with Gasteiger partial charge in [-0.3, -0.25) is 10.1 Å². The zero-order valence-electron chi connectivity index (χ0n) is 11.3. The van der Waals surface area contributed by atoms with E-state index in [1.165, 1.54) is 6.07 Å². The lowest BCUT2D eigenvalue weighted by atomic mass is 10.1. The number of hydrogen-bond donors (Lipinski definition) is 2. The number of nitrogens with two attached hydrogens (primary N) is 1. The van der Waals surface area contributed by atoms with Gasteiger partial charge in [0.1, 0.15) is 5.69 Å². The van der Waals surface area contributed by atoms with E-state index in [0.29, 0.717) is 18.8 Å². The summed E-state index contributed by atoms with van der Waals surface area (Å²) in [5.41, 5.74) is 9.20. The Morgan fingerprint density at radius 2 is 1.80 bits per heavy atom. The second-order valence-corrected chi connectivity index (χ2v) is 4.60. The SMILES string of the molecule is Cc1cccc([N+](=O)[O-])c1NCc1ccc(CN)cc1. The minimum Gasteiger partial charge on any atom is -0.375 e. The Bertz CT molecular complexity index is 609. The van der Waals surface area contributed by atoms with Gasteiger partial charge in [-0.25, -0.2) is 0 Å². The molecule has 0 unspecified atom stereocenters. The van der Waals surface area contributed by atoms with Crippen LogP contribution in [0, 0.1) is 17.0 Å². The molecule has 2 aromatic rings. The van der Waals surface area contributed by atoms with Gasteiger partial charge in [-0.1, -0.05) is 36.4 Å². The Morgan fingerprint density at radius 3 is 2.40 bits per heavy atom. The molecule has 2 rings (SSSR count). The molecule has 0 radical (unpaired) electrons. The van der Waals surface area contributed by atoms with Gasteiger partial charge in [0.25, 0.3) is 5.69 Å². The van der Waals surface area contributed by atoms with Gasteiger partial charge in [0, 0.05) is 19.2 Å². The van der Waals surface area contributed by atoms with Gasteiger partial charge in [0.15, 0.2) is 0 Å². The maximum absolute atomic E-state index is 11.0. The highest BCUT2D eigenvalue weighted by Crippen LogP contribution is 2.28. The van der Waals surface area contributed by atoms with Crippen LogP contribution in [0.25, 0.3) is 0 Å². The van der Waals surface area contributed by atoms with Gasteiger partial charge in [-0.05, 0) is 23.6 Å². The van der Waals surface area contributed by atoms with Crippen LogP contribution in [-0.2, 0) is 13.1 Å². The first-order valence-electron chi connectivity index (χ1n) is 6.37. The number of para-hydroxylation sites is 1. The number of rotatable bonds is 5. The molecule has 0 atom stereocenters. The molecule has 2 aromatic carbocycles. The topological polar surface area (TPSA) is 81.2 Å². The summed E-state index contributed by atoms with van der Waals surface area (Å²) >= 11 is 0. The number of nitrogens with one attached hydrogen (secondary N) is 1. The summed E-state index contributed by atoms with van der Waals surface area (Å²) in [6.45, 7) is 2.90. The molecule has 20 heavy (non-hydrogen) atoms. The summed E-state index contributed by atoms with van der Waals surface area (Å²) in [7, 11) is 0. The van der Waals surface area contributed by atoms with Crippen LogP contribution >= 0.6 is 0 Å². The second-order valence-electron chi connectivity index (χ2n) is 4.60. The van der Waals surface area contributed by atoms with E-state index in [1.54, 1.807) is 6.07 Å². The molecule has 5 nitrogen and oxygen atoms in total. The molecular weight excluding hydrogens is 254 g/mol. The largest absolute Gasteiger partial charge is 0.375 e. The van der Waals surface area contributed by atoms with Crippen molar-refractivity contribution in [3.8, 4) is 0 Å². The molecule has 0 amide bonds. The molecule has 0 aliphatic carbocycles. The van der Waals surface area contributed by atoms with Crippen LogP contribution in [0.1, 0.15) is 16.7 Å². The fourth-order valence-corrected chi connectivity index (χ4v) is 2.02. The van der Waals surface area contributed by atoms with E-state index in [2.05, 4.69) is 5.32 Å². The molecular formula is C15H17N3O2. The monoisotopic (exact) mass is 271 g/mol. The minimum atomic E-state index is -0.368. The smallest absolute Gasteiger partial charge is 0.292 e. The van der Waals surface area contributed by atoms with Crippen molar-refractivity contribution in [2.45, 2.75) is 20.0 Å². The highest BCUT2D eigenvalue weighted by molar-refractivity contribution is 5.66. The van der Waals surface area contributed by atoms with Crippen LogP contribution in [0.4, 0.5) is 11.4 Å². The number of nitro benzene ring substituents is 1. The molecule has 0 spiro atoms. The first-order valence-corrected chi connectivity index (χ1v) is 6.37. The number of nitrogens with zero attached hydrogens (tertiary/aromatic N) is 1. The van der Waals surface area contributed by atoms with Crippen molar-refractivity contribution in [1.29, 1.82) is 0 Å². The Hall–Kier alpha value is -2.40. The third kappa shape index (κ3) is 3.13. The first-order chi connectivity index (χ1) is 9.61. The quantitative estimate of drug-likeness (QED) is 0.647. The average Bonchev–Trinajstić information content (AvgIpc) is 2.46. The first kappa shape index (κ1) is 14.0. The van der Waals surface area contributed by atoms with Gasteiger partial charge in [0.2, 0.25) is 0 Å². The predicted octanol–water partition coefficient (Wildman–Crippen LogP) is 2.97. The summed E-state index contributed by atoms with van der Waals surface area (Å²) in [6, 6.07) is 12.9. The summed E-state index contributed by atoms with van der Waals surface area (Å²) in [4.78, 5) is 10.7. The number of nitro groups is 1. The minimum absolute atomic E-state index is 0.101. The fourth-order valence-electron chi connectivity index (χ4n) is 2.02. The predicted molar refractivity (Wildman–Crippen MR) is 79.5 cm³/mol.